The van der Waals surface area contributed by atoms with Crippen LogP contribution < -0.4 is 10.6 Å². The summed E-state index contributed by atoms with van der Waals surface area (Å²) in [6.45, 7) is 5.47. The summed E-state index contributed by atoms with van der Waals surface area (Å²) >= 11 is 0. The molecular weight excluding hydrogens is 220 g/mol. The first-order valence-electron chi connectivity index (χ1n) is 7.09. The first kappa shape index (κ1) is 13.4. The topological polar surface area (TPSA) is 29.3 Å². The highest BCUT2D eigenvalue weighted by Gasteiger charge is 2.20. The SMILES string of the molecule is Cc1cc(C)cc(N(C)CC2CCCC(N)C2)c1. The van der Waals surface area contributed by atoms with E-state index in [-0.39, 0.29) is 0 Å². The van der Waals surface area contributed by atoms with Crippen LogP contribution in [0, 0.1) is 19.8 Å². The number of hydrogen-bond donors (Lipinski definition) is 1. The molecule has 0 radical (unpaired) electrons. The van der Waals surface area contributed by atoms with Crippen LogP contribution in [-0.2, 0) is 0 Å². The molecule has 0 bridgehead atoms. The Bertz CT molecular complexity index is 380. The lowest BCUT2D eigenvalue weighted by Gasteiger charge is -2.31. The summed E-state index contributed by atoms with van der Waals surface area (Å²) < 4.78 is 0. The quantitative estimate of drug-likeness (QED) is 0.887. The molecule has 0 heterocycles. The van der Waals surface area contributed by atoms with Crippen molar-refractivity contribution < 1.29 is 0 Å². The molecule has 0 saturated heterocycles. The molecule has 2 rings (SSSR count). The minimum Gasteiger partial charge on any atom is -0.374 e. The van der Waals surface area contributed by atoms with E-state index in [1.807, 2.05) is 0 Å². The van der Waals surface area contributed by atoms with E-state index < -0.39 is 0 Å². The third-order valence-electron chi connectivity index (χ3n) is 4.00. The van der Waals surface area contributed by atoms with Gasteiger partial charge in [0.05, 0.1) is 0 Å². The monoisotopic (exact) mass is 246 g/mol. The number of anilines is 1. The van der Waals surface area contributed by atoms with Gasteiger partial charge in [-0.15, -0.1) is 0 Å². The van der Waals surface area contributed by atoms with Crippen LogP contribution in [0.4, 0.5) is 5.69 Å². The van der Waals surface area contributed by atoms with Crippen molar-refractivity contribution >= 4 is 5.69 Å². The maximum Gasteiger partial charge on any atom is 0.0369 e. The molecule has 0 aromatic heterocycles. The zero-order chi connectivity index (χ0) is 13.1. The Morgan fingerprint density at radius 3 is 2.44 bits per heavy atom. The summed E-state index contributed by atoms with van der Waals surface area (Å²) in [5.41, 5.74) is 10.1. The third-order valence-corrected chi connectivity index (χ3v) is 4.00. The highest BCUT2D eigenvalue weighted by molar-refractivity contribution is 5.50. The standard InChI is InChI=1S/C16H26N2/c1-12-7-13(2)9-16(8-12)18(3)11-14-5-4-6-15(17)10-14/h7-9,14-15H,4-6,10-11,17H2,1-3H3. The van der Waals surface area contributed by atoms with Crippen LogP contribution in [-0.4, -0.2) is 19.6 Å². The average molecular weight is 246 g/mol. The summed E-state index contributed by atoms with van der Waals surface area (Å²) in [5, 5.41) is 0. The van der Waals surface area contributed by atoms with Crippen molar-refractivity contribution in [1.29, 1.82) is 0 Å². The number of nitrogens with two attached hydrogens (primary N) is 1. The van der Waals surface area contributed by atoms with Gasteiger partial charge in [-0.05, 0) is 62.3 Å². The van der Waals surface area contributed by atoms with Crippen molar-refractivity contribution in [3.63, 3.8) is 0 Å². The summed E-state index contributed by atoms with van der Waals surface area (Å²) in [5.74, 6) is 0.763. The predicted octanol–water partition coefficient (Wildman–Crippen LogP) is 3.26. The maximum atomic E-state index is 6.07. The molecule has 0 spiro atoms. The van der Waals surface area contributed by atoms with Crippen LogP contribution in [0.2, 0.25) is 0 Å². The largest absolute Gasteiger partial charge is 0.374 e. The number of nitrogens with zero attached hydrogens (tertiary/aromatic N) is 1. The van der Waals surface area contributed by atoms with E-state index in [9.17, 15) is 0 Å². The first-order chi connectivity index (χ1) is 8.54. The van der Waals surface area contributed by atoms with Gasteiger partial charge in [-0.2, -0.15) is 0 Å². The van der Waals surface area contributed by atoms with Crippen molar-refractivity contribution in [2.45, 2.75) is 45.6 Å². The Labute approximate surface area is 111 Å². The molecule has 1 aromatic rings. The van der Waals surface area contributed by atoms with Crippen molar-refractivity contribution in [3.05, 3.63) is 29.3 Å². The molecule has 2 nitrogen and oxygen atoms in total. The molecular formula is C16H26N2. The highest BCUT2D eigenvalue weighted by atomic mass is 15.1. The van der Waals surface area contributed by atoms with Gasteiger partial charge in [-0.25, -0.2) is 0 Å². The van der Waals surface area contributed by atoms with Crippen molar-refractivity contribution in [3.8, 4) is 0 Å². The molecule has 1 fully saturated rings. The second-order valence-electron chi connectivity index (χ2n) is 6.02. The van der Waals surface area contributed by atoms with E-state index in [0.717, 1.165) is 12.5 Å². The lowest BCUT2D eigenvalue weighted by molar-refractivity contribution is 0.326. The van der Waals surface area contributed by atoms with Gasteiger partial charge in [-0.1, -0.05) is 12.5 Å². The second-order valence-corrected chi connectivity index (χ2v) is 6.02. The third kappa shape index (κ3) is 3.49. The van der Waals surface area contributed by atoms with Crippen LogP contribution in [0.25, 0.3) is 0 Å². The number of hydrogen-bond acceptors (Lipinski definition) is 2. The molecule has 1 aliphatic rings. The number of rotatable bonds is 3. The fourth-order valence-electron chi connectivity index (χ4n) is 3.16. The van der Waals surface area contributed by atoms with Gasteiger partial charge >= 0.3 is 0 Å². The molecule has 1 aromatic carbocycles. The molecule has 1 saturated carbocycles. The van der Waals surface area contributed by atoms with Crippen LogP contribution in [0.1, 0.15) is 36.8 Å². The van der Waals surface area contributed by atoms with Crippen molar-refractivity contribution in [2.24, 2.45) is 11.7 Å². The Balaban J connectivity index is 2.00. The predicted molar refractivity (Wildman–Crippen MR) is 79.1 cm³/mol. The molecule has 1 aliphatic carbocycles. The molecule has 18 heavy (non-hydrogen) atoms. The second kappa shape index (κ2) is 5.75. The lowest BCUT2D eigenvalue weighted by Crippen LogP contribution is -2.34. The van der Waals surface area contributed by atoms with Gasteiger partial charge in [0.2, 0.25) is 0 Å². The molecule has 2 atom stereocenters. The normalized spacial score (nSPS) is 24.0. The van der Waals surface area contributed by atoms with E-state index in [4.69, 9.17) is 5.73 Å². The Morgan fingerprint density at radius 1 is 1.17 bits per heavy atom. The number of benzene rings is 1. The van der Waals surface area contributed by atoms with Crippen LogP contribution in [0.15, 0.2) is 18.2 Å². The minimum atomic E-state index is 0.427. The Hall–Kier alpha value is -1.02. The van der Waals surface area contributed by atoms with E-state index >= 15 is 0 Å². The van der Waals surface area contributed by atoms with Gasteiger partial charge < -0.3 is 10.6 Å². The summed E-state index contributed by atoms with van der Waals surface area (Å²) in [6, 6.07) is 7.20. The van der Waals surface area contributed by atoms with Gasteiger partial charge in [-0.3, -0.25) is 0 Å². The lowest BCUT2D eigenvalue weighted by atomic mass is 9.86. The molecule has 2 heteroatoms. The fourth-order valence-corrected chi connectivity index (χ4v) is 3.16. The van der Waals surface area contributed by atoms with E-state index in [0.29, 0.717) is 6.04 Å². The number of aryl methyl sites for hydroxylation is 2. The van der Waals surface area contributed by atoms with Crippen molar-refractivity contribution in [2.75, 3.05) is 18.5 Å². The fraction of sp³-hybridized carbons (Fsp3) is 0.625. The Morgan fingerprint density at radius 2 is 1.83 bits per heavy atom. The smallest absolute Gasteiger partial charge is 0.0369 e. The van der Waals surface area contributed by atoms with Crippen LogP contribution in [0.5, 0.6) is 0 Å². The Kier molecular flexibility index (Phi) is 4.28. The van der Waals surface area contributed by atoms with Gasteiger partial charge in [0.15, 0.2) is 0 Å². The molecule has 0 amide bonds. The summed E-state index contributed by atoms with van der Waals surface area (Å²) in [6.07, 6.45) is 5.04. The van der Waals surface area contributed by atoms with Crippen LogP contribution in [0.3, 0.4) is 0 Å². The zero-order valence-corrected chi connectivity index (χ0v) is 11.9. The van der Waals surface area contributed by atoms with Gasteiger partial charge in [0, 0.05) is 25.3 Å². The van der Waals surface area contributed by atoms with Crippen LogP contribution >= 0.6 is 0 Å². The molecule has 100 valence electrons. The van der Waals surface area contributed by atoms with Gasteiger partial charge in [0.25, 0.3) is 0 Å². The molecule has 2 unspecified atom stereocenters. The summed E-state index contributed by atoms with van der Waals surface area (Å²) in [7, 11) is 2.20. The average Bonchev–Trinajstić information content (AvgIpc) is 2.27. The van der Waals surface area contributed by atoms with E-state index in [2.05, 4.69) is 44.0 Å². The maximum absolute atomic E-state index is 6.07. The van der Waals surface area contributed by atoms with Gasteiger partial charge in [0.1, 0.15) is 0 Å². The van der Waals surface area contributed by atoms with Crippen molar-refractivity contribution in [1.82, 2.24) is 0 Å². The molecule has 2 N–H and O–H groups in total. The highest BCUT2D eigenvalue weighted by Crippen LogP contribution is 2.26. The molecule has 0 aliphatic heterocycles. The zero-order valence-electron chi connectivity index (χ0n) is 11.9. The minimum absolute atomic E-state index is 0.427. The summed E-state index contributed by atoms with van der Waals surface area (Å²) in [4.78, 5) is 2.39. The van der Waals surface area contributed by atoms with E-state index in [1.165, 1.54) is 42.5 Å². The first-order valence-corrected chi connectivity index (χ1v) is 7.09. The van der Waals surface area contributed by atoms with E-state index in [1.54, 1.807) is 0 Å².